The molecule has 1 aromatic heterocycles. The minimum Gasteiger partial charge on any atom is -0.497 e. The zero-order chi connectivity index (χ0) is 24.4. The highest BCUT2D eigenvalue weighted by Gasteiger charge is 2.35. The molecular weight excluding hydrogens is 567 g/mol. The third-order valence-electron chi connectivity index (χ3n) is 5.42. The van der Waals surface area contributed by atoms with Crippen molar-refractivity contribution < 1.29 is 19.0 Å². The Labute approximate surface area is 214 Å². The van der Waals surface area contributed by atoms with Gasteiger partial charge in [-0.15, -0.1) is 0 Å². The summed E-state index contributed by atoms with van der Waals surface area (Å²) in [5.74, 6) is 0.578. The van der Waals surface area contributed by atoms with Crippen LogP contribution in [0.2, 0.25) is 0 Å². The number of carbonyl (C=O) groups is 1. The van der Waals surface area contributed by atoms with Gasteiger partial charge in [0.25, 0.3) is 5.56 Å². The van der Waals surface area contributed by atoms with Gasteiger partial charge in [0, 0.05) is 9.13 Å². The second-order valence-corrected chi connectivity index (χ2v) is 9.72. The molecule has 3 aromatic rings. The summed E-state index contributed by atoms with van der Waals surface area (Å²) in [4.78, 5) is 31.9. The summed E-state index contributed by atoms with van der Waals surface area (Å²) in [6.45, 7) is 3.70. The Morgan fingerprint density at radius 2 is 1.91 bits per heavy atom. The number of rotatable bonds is 6. The molecule has 0 bridgehead atoms. The van der Waals surface area contributed by atoms with Crippen LogP contribution in [-0.4, -0.2) is 31.4 Å². The number of aromatic nitrogens is 1. The second kappa shape index (κ2) is 10.1. The number of nitrogens with zero attached hydrogens (tertiary/aromatic N) is 2. The molecule has 2 aromatic carbocycles. The van der Waals surface area contributed by atoms with Gasteiger partial charge in [-0.05, 0) is 78.4 Å². The SMILES string of the molecule is CCOC(=O)C1=C(C)N=c2sc(=Cc3ccc(I)cc3)c(=O)n2C1c1cc(OC)ccc1OC. The van der Waals surface area contributed by atoms with E-state index in [1.807, 2.05) is 30.3 Å². The minimum atomic E-state index is -0.778. The molecule has 0 saturated heterocycles. The minimum absolute atomic E-state index is 0.203. The maximum absolute atomic E-state index is 13.7. The number of ether oxygens (including phenoxy) is 3. The average Bonchev–Trinajstić information content (AvgIpc) is 3.13. The number of methoxy groups -OCH3 is 2. The van der Waals surface area contributed by atoms with Crippen molar-refractivity contribution in [2.75, 3.05) is 20.8 Å². The maximum Gasteiger partial charge on any atom is 0.338 e. The second-order valence-electron chi connectivity index (χ2n) is 7.46. The van der Waals surface area contributed by atoms with Crippen LogP contribution in [0.25, 0.3) is 6.08 Å². The van der Waals surface area contributed by atoms with Gasteiger partial charge in [-0.25, -0.2) is 9.79 Å². The van der Waals surface area contributed by atoms with Crippen molar-refractivity contribution in [3.63, 3.8) is 0 Å². The Kier molecular flexibility index (Phi) is 7.22. The lowest BCUT2D eigenvalue weighted by atomic mass is 9.94. The lowest BCUT2D eigenvalue weighted by Gasteiger charge is -2.26. The van der Waals surface area contributed by atoms with Gasteiger partial charge in [0.2, 0.25) is 0 Å². The summed E-state index contributed by atoms with van der Waals surface area (Å²) in [7, 11) is 3.11. The highest BCUT2D eigenvalue weighted by molar-refractivity contribution is 14.1. The van der Waals surface area contributed by atoms with Crippen molar-refractivity contribution in [2.45, 2.75) is 19.9 Å². The molecule has 0 fully saturated rings. The van der Waals surface area contributed by atoms with E-state index in [1.165, 1.54) is 11.3 Å². The molecule has 34 heavy (non-hydrogen) atoms. The van der Waals surface area contributed by atoms with Crippen LogP contribution in [-0.2, 0) is 9.53 Å². The van der Waals surface area contributed by atoms with E-state index in [4.69, 9.17) is 14.2 Å². The zero-order valence-electron chi connectivity index (χ0n) is 19.1. The van der Waals surface area contributed by atoms with Crippen LogP contribution in [0.3, 0.4) is 0 Å². The monoisotopic (exact) mass is 590 g/mol. The molecule has 1 unspecified atom stereocenters. The Balaban J connectivity index is 2.01. The molecule has 4 rings (SSSR count). The van der Waals surface area contributed by atoms with Crippen molar-refractivity contribution in [3.8, 4) is 11.5 Å². The summed E-state index contributed by atoms with van der Waals surface area (Å²) >= 11 is 3.52. The number of esters is 1. The lowest BCUT2D eigenvalue weighted by molar-refractivity contribution is -0.139. The topological polar surface area (TPSA) is 79.1 Å². The molecule has 0 saturated carbocycles. The molecule has 1 atom stereocenters. The molecule has 9 heteroatoms. The number of allylic oxidation sites excluding steroid dienone is 1. The van der Waals surface area contributed by atoms with Crippen molar-refractivity contribution in [1.82, 2.24) is 4.57 Å². The number of hydrogen-bond acceptors (Lipinski definition) is 7. The quantitative estimate of drug-likeness (QED) is 0.325. The largest absolute Gasteiger partial charge is 0.497 e. The Hall–Kier alpha value is -2.92. The van der Waals surface area contributed by atoms with Crippen LogP contribution in [0.15, 0.2) is 63.5 Å². The van der Waals surface area contributed by atoms with E-state index in [2.05, 4.69) is 27.6 Å². The fourth-order valence-corrected chi connectivity index (χ4v) is 5.26. The van der Waals surface area contributed by atoms with E-state index >= 15 is 0 Å². The van der Waals surface area contributed by atoms with Gasteiger partial charge in [-0.1, -0.05) is 23.5 Å². The van der Waals surface area contributed by atoms with Crippen LogP contribution in [0.5, 0.6) is 11.5 Å². The van der Waals surface area contributed by atoms with E-state index in [0.717, 1.165) is 9.13 Å². The standard InChI is InChI=1S/C25H23IN2O5S/c1-5-33-24(30)21-14(2)27-25-28(22(21)18-13-17(31-3)10-11-19(18)32-4)23(29)20(34-25)12-15-6-8-16(26)9-7-15/h6-13,22H,5H2,1-4H3. The molecule has 0 aliphatic carbocycles. The highest BCUT2D eigenvalue weighted by Crippen LogP contribution is 2.37. The third kappa shape index (κ3) is 4.54. The number of carbonyl (C=O) groups excluding carboxylic acids is 1. The fourth-order valence-electron chi connectivity index (χ4n) is 3.85. The molecule has 0 amide bonds. The first kappa shape index (κ1) is 24.2. The smallest absolute Gasteiger partial charge is 0.338 e. The zero-order valence-corrected chi connectivity index (χ0v) is 22.1. The Bertz CT molecular complexity index is 1450. The van der Waals surface area contributed by atoms with E-state index in [9.17, 15) is 9.59 Å². The normalized spacial score (nSPS) is 15.6. The van der Waals surface area contributed by atoms with Gasteiger partial charge < -0.3 is 14.2 Å². The molecule has 0 spiro atoms. The summed E-state index contributed by atoms with van der Waals surface area (Å²) in [6.07, 6.45) is 1.84. The van der Waals surface area contributed by atoms with Crippen LogP contribution < -0.4 is 24.4 Å². The number of benzene rings is 2. The Morgan fingerprint density at radius 3 is 2.56 bits per heavy atom. The predicted octanol–water partition coefficient (Wildman–Crippen LogP) is 3.42. The molecule has 7 nitrogen and oxygen atoms in total. The number of hydrogen-bond donors (Lipinski definition) is 0. The van der Waals surface area contributed by atoms with E-state index in [1.54, 1.807) is 50.8 Å². The van der Waals surface area contributed by atoms with Gasteiger partial charge in [0.05, 0.1) is 36.6 Å². The van der Waals surface area contributed by atoms with Crippen molar-refractivity contribution >= 4 is 46.0 Å². The average molecular weight is 590 g/mol. The lowest BCUT2D eigenvalue weighted by Crippen LogP contribution is -2.40. The summed E-state index contributed by atoms with van der Waals surface area (Å²) in [6, 6.07) is 12.4. The van der Waals surface area contributed by atoms with Crippen molar-refractivity contribution in [3.05, 3.63) is 88.1 Å². The maximum atomic E-state index is 13.7. The summed E-state index contributed by atoms with van der Waals surface area (Å²) < 4.78 is 19.6. The molecule has 176 valence electrons. The van der Waals surface area contributed by atoms with Crippen molar-refractivity contribution in [2.24, 2.45) is 4.99 Å². The van der Waals surface area contributed by atoms with E-state index < -0.39 is 12.0 Å². The van der Waals surface area contributed by atoms with Gasteiger partial charge in [0.1, 0.15) is 17.5 Å². The fraction of sp³-hybridized carbons (Fsp3) is 0.240. The van der Waals surface area contributed by atoms with Crippen LogP contribution >= 0.6 is 33.9 Å². The van der Waals surface area contributed by atoms with Crippen molar-refractivity contribution in [1.29, 1.82) is 0 Å². The van der Waals surface area contributed by atoms with Gasteiger partial charge in [-0.3, -0.25) is 9.36 Å². The van der Waals surface area contributed by atoms with Crippen LogP contribution in [0.4, 0.5) is 0 Å². The molecule has 0 N–H and O–H groups in total. The molecular formula is C25H23IN2O5S. The van der Waals surface area contributed by atoms with E-state index in [0.29, 0.717) is 37.7 Å². The first-order valence-electron chi connectivity index (χ1n) is 10.5. The number of halogens is 1. The first-order valence-corrected chi connectivity index (χ1v) is 12.4. The predicted molar refractivity (Wildman–Crippen MR) is 139 cm³/mol. The molecule has 0 radical (unpaired) electrons. The molecule has 1 aliphatic heterocycles. The summed E-state index contributed by atoms with van der Waals surface area (Å²) in [5, 5.41) is 0. The third-order valence-corrected chi connectivity index (χ3v) is 7.12. The van der Waals surface area contributed by atoms with Gasteiger partial charge in [0.15, 0.2) is 4.80 Å². The van der Waals surface area contributed by atoms with Crippen LogP contribution in [0.1, 0.15) is 31.0 Å². The first-order chi connectivity index (χ1) is 16.4. The Morgan fingerprint density at radius 1 is 1.18 bits per heavy atom. The van der Waals surface area contributed by atoms with Gasteiger partial charge in [-0.2, -0.15) is 0 Å². The molecule has 1 aliphatic rings. The number of fused-ring (bicyclic) bond motifs is 1. The van der Waals surface area contributed by atoms with E-state index in [-0.39, 0.29) is 12.2 Å². The van der Waals surface area contributed by atoms with Crippen LogP contribution in [0, 0.1) is 3.57 Å². The molecule has 2 heterocycles. The van der Waals surface area contributed by atoms with Gasteiger partial charge >= 0.3 is 5.97 Å². The highest BCUT2D eigenvalue weighted by atomic mass is 127. The number of thiazole rings is 1. The summed E-state index contributed by atoms with van der Waals surface area (Å²) in [5.41, 5.74) is 2.06.